The van der Waals surface area contributed by atoms with Crippen LogP contribution in [0.4, 0.5) is 0 Å². The number of rotatable bonds is 4. The summed E-state index contributed by atoms with van der Waals surface area (Å²) in [5.74, 6) is 0.126. The molecule has 92 valence electrons. The van der Waals surface area contributed by atoms with Gasteiger partial charge in [0.15, 0.2) is 0 Å². The van der Waals surface area contributed by atoms with Crippen molar-refractivity contribution in [3.8, 4) is 0 Å². The molecule has 2 fully saturated rings. The second-order valence-electron chi connectivity index (χ2n) is 6.07. The van der Waals surface area contributed by atoms with Gasteiger partial charge in [-0.2, -0.15) is 0 Å². The average Bonchev–Trinajstić information content (AvgIpc) is 3.04. The molecule has 2 aliphatic rings. The first kappa shape index (κ1) is 11.9. The maximum absolute atomic E-state index is 11.1. The largest absolute Gasteiger partial charge is 0.481 e. The Balaban J connectivity index is 1.84. The van der Waals surface area contributed by atoms with E-state index in [4.69, 9.17) is 9.84 Å². The molecule has 0 aliphatic heterocycles. The van der Waals surface area contributed by atoms with Crippen LogP contribution in [0.2, 0.25) is 0 Å². The highest BCUT2D eigenvalue weighted by molar-refractivity contribution is 5.74. The van der Waals surface area contributed by atoms with E-state index < -0.39 is 11.4 Å². The molecule has 0 unspecified atom stereocenters. The van der Waals surface area contributed by atoms with E-state index in [1.165, 1.54) is 12.8 Å². The fourth-order valence-electron chi connectivity index (χ4n) is 2.29. The predicted molar refractivity (Wildman–Crippen MR) is 61.3 cm³/mol. The molecular weight excluding hydrogens is 204 g/mol. The number of carbonyl (C=O) groups is 1. The van der Waals surface area contributed by atoms with Crippen LogP contribution in [-0.2, 0) is 9.53 Å². The molecule has 0 bridgehead atoms. The van der Waals surface area contributed by atoms with Gasteiger partial charge in [-0.15, -0.1) is 0 Å². The van der Waals surface area contributed by atoms with E-state index >= 15 is 0 Å². The molecular formula is C13H22O3. The molecule has 2 rings (SSSR count). The normalized spacial score (nSPS) is 39.6. The van der Waals surface area contributed by atoms with Crippen LogP contribution in [0.15, 0.2) is 0 Å². The topological polar surface area (TPSA) is 46.5 Å². The van der Waals surface area contributed by atoms with Gasteiger partial charge in [-0.05, 0) is 58.3 Å². The number of aliphatic carboxylic acids is 1. The van der Waals surface area contributed by atoms with Gasteiger partial charge in [-0.3, -0.25) is 4.79 Å². The molecule has 16 heavy (non-hydrogen) atoms. The Labute approximate surface area is 97.2 Å². The molecule has 0 spiro atoms. The summed E-state index contributed by atoms with van der Waals surface area (Å²) in [5.41, 5.74) is -0.597. The average molecular weight is 226 g/mol. The smallest absolute Gasteiger partial charge is 0.309 e. The Morgan fingerprint density at radius 1 is 1.25 bits per heavy atom. The van der Waals surface area contributed by atoms with Crippen LogP contribution in [0.25, 0.3) is 0 Å². The number of hydrogen-bond acceptors (Lipinski definition) is 2. The third-order valence-electron chi connectivity index (χ3n) is 4.29. The Hall–Kier alpha value is -0.570. The lowest BCUT2D eigenvalue weighted by Crippen LogP contribution is -2.41. The van der Waals surface area contributed by atoms with E-state index in [9.17, 15) is 4.79 Å². The molecule has 0 aromatic heterocycles. The van der Waals surface area contributed by atoms with Crippen molar-refractivity contribution in [1.82, 2.24) is 0 Å². The predicted octanol–water partition coefficient (Wildman–Crippen LogP) is 2.84. The quantitative estimate of drug-likeness (QED) is 0.801. The lowest BCUT2D eigenvalue weighted by Gasteiger charge is -2.40. The Kier molecular flexibility index (Phi) is 2.99. The van der Waals surface area contributed by atoms with Crippen molar-refractivity contribution in [2.24, 2.45) is 11.3 Å². The second kappa shape index (κ2) is 4.02. The zero-order chi connectivity index (χ0) is 11.8. The van der Waals surface area contributed by atoms with Crippen LogP contribution in [0, 0.1) is 11.3 Å². The summed E-state index contributed by atoms with van der Waals surface area (Å²) < 4.78 is 5.97. The molecule has 0 radical (unpaired) electrons. The fraction of sp³-hybridized carbons (Fsp3) is 0.923. The van der Waals surface area contributed by atoms with E-state index in [1.807, 2.05) is 6.92 Å². The Morgan fingerprint density at radius 3 is 2.25 bits per heavy atom. The monoisotopic (exact) mass is 226 g/mol. The standard InChI is InChI=1S/C13H22O3/c1-12(11(14)15)5-7-13(2,8-6-12)16-9-10-3-4-10/h10H,3-9H2,1-2H3,(H,14,15). The van der Waals surface area contributed by atoms with Gasteiger partial charge in [-0.1, -0.05) is 0 Å². The first-order chi connectivity index (χ1) is 7.44. The van der Waals surface area contributed by atoms with Crippen molar-refractivity contribution in [2.75, 3.05) is 6.61 Å². The van der Waals surface area contributed by atoms with Crippen LogP contribution in [0.1, 0.15) is 52.4 Å². The minimum absolute atomic E-state index is 0.0719. The summed E-state index contributed by atoms with van der Waals surface area (Å²) in [6.07, 6.45) is 5.85. The number of ether oxygens (including phenoxy) is 1. The summed E-state index contributed by atoms with van der Waals surface area (Å²) in [7, 11) is 0. The third-order valence-corrected chi connectivity index (χ3v) is 4.29. The summed E-state index contributed by atoms with van der Waals surface area (Å²) in [6, 6.07) is 0. The third kappa shape index (κ3) is 2.57. The van der Waals surface area contributed by atoms with Crippen molar-refractivity contribution in [3.05, 3.63) is 0 Å². The highest BCUT2D eigenvalue weighted by Crippen LogP contribution is 2.43. The van der Waals surface area contributed by atoms with Gasteiger partial charge in [0.25, 0.3) is 0 Å². The minimum atomic E-state index is -0.656. The van der Waals surface area contributed by atoms with E-state index in [1.54, 1.807) is 0 Å². The molecule has 0 heterocycles. The van der Waals surface area contributed by atoms with Gasteiger partial charge in [0.2, 0.25) is 0 Å². The summed E-state index contributed by atoms with van der Waals surface area (Å²) in [6.45, 7) is 4.87. The highest BCUT2D eigenvalue weighted by Gasteiger charge is 2.43. The molecule has 1 N–H and O–H groups in total. The van der Waals surface area contributed by atoms with Crippen molar-refractivity contribution in [3.63, 3.8) is 0 Å². The van der Waals surface area contributed by atoms with Crippen molar-refractivity contribution < 1.29 is 14.6 Å². The van der Waals surface area contributed by atoms with Crippen LogP contribution in [0.5, 0.6) is 0 Å². The summed E-state index contributed by atoms with van der Waals surface area (Å²) >= 11 is 0. The SMILES string of the molecule is CC1(OCC2CC2)CCC(C)(C(=O)O)CC1. The van der Waals surface area contributed by atoms with Crippen LogP contribution < -0.4 is 0 Å². The fourth-order valence-corrected chi connectivity index (χ4v) is 2.29. The van der Waals surface area contributed by atoms with E-state index in [0.29, 0.717) is 0 Å². The summed E-state index contributed by atoms with van der Waals surface area (Å²) in [5, 5.41) is 9.16. The van der Waals surface area contributed by atoms with E-state index in [-0.39, 0.29) is 5.60 Å². The molecule has 0 amide bonds. The van der Waals surface area contributed by atoms with Gasteiger partial charge in [0.05, 0.1) is 17.6 Å². The molecule has 0 atom stereocenters. The maximum atomic E-state index is 11.1. The molecule has 2 aliphatic carbocycles. The minimum Gasteiger partial charge on any atom is -0.481 e. The summed E-state index contributed by atoms with van der Waals surface area (Å²) in [4.78, 5) is 11.1. The van der Waals surface area contributed by atoms with Gasteiger partial charge < -0.3 is 9.84 Å². The van der Waals surface area contributed by atoms with Crippen LogP contribution >= 0.6 is 0 Å². The van der Waals surface area contributed by atoms with Crippen molar-refractivity contribution >= 4 is 5.97 Å². The number of carboxylic acid groups (broad SMARTS) is 1. The molecule has 0 aromatic rings. The number of carboxylic acids is 1. The van der Waals surface area contributed by atoms with Gasteiger partial charge in [-0.25, -0.2) is 0 Å². The molecule has 0 aromatic carbocycles. The second-order valence-corrected chi connectivity index (χ2v) is 6.07. The number of hydrogen-bond donors (Lipinski definition) is 1. The lowest BCUT2D eigenvalue weighted by atomic mass is 9.70. The zero-order valence-electron chi connectivity index (χ0n) is 10.3. The first-order valence-corrected chi connectivity index (χ1v) is 6.31. The Morgan fingerprint density at radius 2 is 1.81 bits per heavy atom. The zero-order valence-corrected chi connectivity index (χ0v) is 10.3. The van der Waals surface area contributed by atoms with Crippen molar-refractivity contribution in [1.29, 1.82) is 0 Å². The Bertz CT molecular complexity index is 273. The maximum Gasteiger partial charge on any atom is 0.309 e. The van der Waals surface area contributed by atoms with Gasteiger partial charge >= 0.3 is 5.97 Å². The first-order valence-electron chi connectivity index (χ1n) is 6.31. The van der Waals surface area contributed by atoms with Crippen molar-refractivity contribution in [2.45, 2.75) is 58.0 Å². The molecule has 2 saturated carbocycles. The van der Waals surface area contributed by atoms with Crippen LogP contribution in [-0.4, -0.2) is 23.3 Å². The van der Waals surface area contributed by atoms with Crippen LogP contribution in [0.3, 0.4) is 0 Å². The lowest BCUT2D eigenvalue weighted by molar-refractivity contribution is -0.155. The van der Waals surface area contributed by atoms with Gasteiger partial charge in [0, 0.05) is 0 Å². The molecule has 3 heteroatoms. The van der Waals surface area contributed by atoms with E-state index in [2.05, 4.69) is 6.92 Å². The van der Waals surface area contributed by atoms with Gasteiger partial charge in [0.1, 0.15) is 0 Å². The highest BCUT2D eigenvalue weighted by atomic mass is 16.5. The van der Waals surface area contributed by atoms with E-state index in [0.717, 1.165) is 38.2 Å². The molecule has 0 saturated heterocycles. The molecule has 3 nitrogen and oxygen atoms in total.